The molecular formula is C21H24FNO5. The van der Waals surface area contributed by atoms with Crippen molar-refractivity contribution >= 4 is 17.7 Å². The van der Waals surface area contributed by atoms with Crippen LogP contribution < -0.4 is 0 Å². The summed E-state index contributed by atoms with van der Waals surface area (Å²) in [5.41, 5.74) is 0.547. The molecule has 0 saturated carbocycles. The van der Waals surface area contributed by atoms with Crippen molar-refractivity contribution in [2.24, 2.45) is 5.92 Å². The van der Waals surface area contributed by atoms with Gasteiger partial charge in [0, 0.05) is 24.6 Å². The van der Waals surface area contributed by atoms with Gasteiger partial charge >= 0.3 is 5.97 Å². The molecule has 6 nitrogen and oxygen atoms in total. The first kappa shape index (κ1) is 21.5. The van der Waals surface area contributed by atoms with Gasteiger partial charge in [-0.2, -0.15) is 0 Å². The maximum atomic E-state index is 15.3. The number of carbonyl (C=O) groups excluding carboxylic acids is 3. The molecular weight excluding hydrogens is 365 g/mol. The molecule has 0 fully saturated rings. The Labute approximate surface area is 163 Å². The zero-order chi connectivity index (χ0) is 20.8. The molecule has 0 aliphatic heterocycles. The second kappa shape index (κ2) is 9.41. The lowest BCUT2D eigenvalue weighted by atomic mass is 9.87. The number of ether oxygens (including phenoxy) is 1. The topological polar surface area (TPSA) is 83.9 Å². The third-order valence-electron chi connectivity index (χ3n) is 4.65. The number of nitrogens with zero attached hydrogens (tertiary/aromatic N) is 1. The summed E-state index contributed by atoms with van der Waals surface area (Å²) in [5, 5.41) is 9.57. The fraction of sp³-hybridized carbons (Fsp3) is 0.381. The Bertz CT molecular complexity index is 789. The Kier molecular flexibility index (Phi) is 7.23. The van der Waals surface area contributed by atoms with Crippen molar-refractivity contribution in [3.63, 3.8) is 0 Å². The minimum absolute atomic E-state index is 0.248. The van der Waals surface area contributed by atoms with Gasteiger partial charge in [0.25, 0.3) is 0 Å². The second-order valence-electron chi connectivity index (χ2n) is 6.70. The molecule has 0 spiro atoms. The highest BCUT2D eigenvalue weighted by Gasteiger charge is 2.42. The highest BCUT2D eigenvalue weighted by atomic mass is 19.1. The summed E-state index contributed by atoms with van der Waals surface area (Å²) in [4.78, 5) is 37.0. The van der Waals surface area contributed by atoms with Crippen LogP contribution in [-0.2, 0) is 14.3 Å². The van der Waals surface area contributed by atoms with Gasteiger partial charge in [-0.25, -0.2) is 9.18 Å². The number of aliphatic hydroxyl groups excluding tert-OH is 1. The van der Waals surface area contributed by atoms with E-state index in [1.165, 1.54) is 39.1 Å². The lowest BCUT2D eigenvalue weighted by molar-refractivity contribution is -0.130. The number of aliphatic hydroxyl groups is 1. The Morgan fingerprint density at radius 2 is 1.79 bits per heavy atom. The Hall–Kier alpha value is -2.80. The summed E-state index contributed by atoms with van der Waals surface area (Å²) in [6, 6.07) is 7.07. The predicted molar refractivity (Wildman–Crippen MR) is 101 cm³/mol. The van der Waals surface area contributed by atoms with E-state index in [9.17, 15) is 19.5 Å². The molecule has 0 bridgehead atoms. The molecule has 0 saturated heterocycles. The molecule has 1 aliphatic carbocycles. The summed E-state index contributed by atoms with van der Waals surface area (Å²) in [5.74, 6) is -2.17. The van der Waals surface area contributed by atoms with Crippen molar-refractivity contribution in [1.29, 1.82) is 0 Å². The fourth-order valence-electron chi connectivity index (χ4n) is 2.92. The second-order valence-corrected chi connectivity index (χ2v) is 6.70. The van der Waals surface area contributed by atoms with E-state index < -0.39 is 42.7 Å². The summed E-state index contributed by atoms with van der Waals surface area (Å²) in [6.07, 6.45) is 1.21. The highest BCUT2D eigenvalue weighted by Crippen LogP contribution is 2.29. The van der Waals surface area contributed by atoms with Gasteiger partial charge in [-0.3, -0.25) is 9.59 Å². The van der Waals surface area contributed by atoms with Gasteiger partial charge in [0.2, 0.25) is 5.91 Å². The van der Waals surface area contributed by atoms with E-state index in [0.717, 1.165) is 4.90 Å². The highest BCUT2D eigenvalue weighted by molar-refractivity contribution is 5.93. The zero-order valence-corrected chi connectivity index (χ0v) is 16.0. The van der Waals surface area contributed by atoms with Crippen molar-refractivity contribution in [2.75, 3.05) is 6.61 Å². The number of esters is 1. The van der Waals surface area contributed by atoms with E-state index in [0.29, 0.717) is 0 Å². The van der Waals surface area contributed by atoms with Crippen molar-refractivity contribution in [2.45, 2.75) is 39.1 Å². The van der Waals surface area contributed by atoms with Crippen molar-refractivity contribution in [3.8, 4) is 0 Å². The number of carbonyl (C=O) groups is 3. The van der Waals surface area contributed by atoms with E-state index >= 15 is 4.39 Å². The lowest BCUT2D eigenvalue weighted by Gasteiger charge is -2.38. The summed E-state index contributed by atoms with van der Waals surface area (Å²) >= 11 is 0. The van der Waals surface area contributed by atoms with Crippen molar-refractivity contribution in [3.05, 3.63) is 59.8 Å². The first-order chi connectivity index (χ1) is 13.3. The third-order valence-corrected chi connectivity index (χ3v) is 4.65. The SMILES string of the molecule is CC(=O)/C(C)=C\N(C(C)=O)[C@@H]1C=CC(CO)[C@@H](OC(=O)c2ccccc2)[C@H]1F. The van der Waals surface area contributed by atoms with Crippen LogP contribution in [0.1, 0.15) is 31.1 Å². The quantitative estimate of drug-likeness (QED) is 0.459. The van der Waals surface area contributed by atoms with E-state index in [2.05, 4.69) is 0 Å². The number of Topliss-reactive ketones (excluding diaryl/α,β-unsaturated/α-hetero) is 1. The predicted octanol–water partition coefficient (Wildman–Crippen LogP) is 2.44. The van der Waals surface area contributed by atoms with Crippen LogP contribution in [0.2, 0.25) is 0 Å². The Morgan fingerprint density at radius 3 is 2.32 bits per heavy atom. The van der Waals surface area contributed by atoms with Gasteiger partial charge in [-0.05, 0) is 26.0 Å². The van der Waals surface area contributed by atoms with Crippen LogP contribution in [0.15, 0.2) is 54.3 Å². The smallest absolute Gasteiger partial charge is 0.338 e. The first-order valence-electron chi connectivity index (χ1n) is 8.93. The number of hydrogen-bond acceptors (Lipinski definition) is 5. The van der Waals surface area contributed by atoms with Gasteiger partial charge in [-0.1, -0.05) is 30.4 Å². The molecule has 2 rings (SSSR count). The first-order valence-corrected chi connectivity index (χ1v) is 8.93. The monoisotopic (exact) mass is 389 g/mol. The van der Waals surface area contributed by atoms with Gasteiger partial charge in [0.15, 0.2) is 12.0 Å². The molecule has 1 aromatic rings. The average Bonchev–Trinajstić information content (AvgIpc) is 2.68. The van der Waals surface area contributed by atoms with Crippen LogP contribution >= 0.6 is 0 Å². The molecule has 7 heteroatoms. The maximum absolute atomic E-state index is 15.3. The van der Waals surface area contributed by atoms with E-state index in [1.54, 1.807) is 30.3 Å². The third kappa shape index (κ3) is 4.92. The summed E-state index contributed by atoms with van der Waals surface area (Å²) in [7, 11) is 0. The molecule has 1 aliphatic rings. The molecule has 1 aromatic carbocycles. The van der Waals surface area contributed by atoms with Crippen LogP contribution in [0.25, 0.3) is 0 Å². The molecule has 0 aromatic heterocycles. The molecule has 1 unspecified atom stereocenters. The van der Waals surface area contributed by atoms with Crippen LogP contribution in [0.3, 0.4) is 0 Å². The van der Waals surface area contributed by atoms with E-state index in [4.69, 9.17) is 4.74 Å². The molecule has 1 N–H and O–H groups in total. The largest absolute Gasteiger partial charge is 0.455 e. The number of halogens is 1. The van der Waals surface area contributed by atoms with E-state index in [-0.39, 0.29) is 16.9 Å². The summed E-state index contributed by atoms with van der Waals surface area (Å²) < 4.78 is 20.7. The molecule has 0 heterocycles. The van der Waals surface area contributed by atoms with Crippen molar-refractivity contribution < 1.29 is 28.6 Å². The molecule has 150 valence electrons. The normalized spacial score (nSPS) is 24.5. The number of hydrogen-bond donors (Lipinski definition) is 1. The minimum atomic E-state index is -1.78. The molecule has 1 amide bonds. The van der Waals surface area contributed by atoms with Crippen molar-refractivity contribution in [1.82, 2.24) is 4.90 Å². The number of ketones is 1. The number of amides is 1. The van der Waals surface area contributed by atoms with Gasteiger partial charge in [-0.15, -0.1) is 0 Å². The summed E-state index contributed by atoms with van der Waals surface area (Å²) in [6.45, 7) is 3.72. The number of benzene rings is 1. The number of rotatable bonds is 6. The Balaban J connectivity index is 2.31. The molecule has 28 heavy (non-hydrogen) atoms. The molecule has 0 radical (unpaired) electrons. The van der Waals surface area contributed by atoms with Gasteiger partial charge in [0.1, 0.15) is 6.10 Å². The van der Waals surface area contributed by atoms with Crippen LogP contribution in [0.4, 0.5) is 4.39 Å². The standard InChI is InChI=1S/C21H24FNO5/c1-13(14(2)25)11-23(15(3)26)18-10-9-17(12-24)20(19(18)22)28-21(27)16-7-5-4-6-8-16/h4-11,17-20,24H,12H2,1-3H3/b13-11-/t17?,18-,19+,20-/m1/s1. The number of allylic oxidation sites excluding steroid dienone is 1. The molecule has 4 atom stereocenters. The van der Waals surface area contributed by atoms with Gasteiger partial charge in [0.05, 0.1) is 18.2 Å². The van der Waals surface area contributed by atoms with Gasteiger partial charge < -0.3 is 14.7 Å². The lowest BCUT2D eigenvalue weighted by Crippen LogP contribution is -2.51. The minimum Gasteiger partial charge on any atom is -0.455 e. The van der Waals surface area contributed by atoms with Crippen LogP contribution in [-0.4, -0.2) is 52.6 Å². The van der Waals surface area contributed by atoms with E-state index in [1.807, 2.05) is 0 Å². The van der Waals surface area contributed by atoms with Crippen LogP contribution in [0, 0.1) is 5.92 Å². The fourth-order valence-corrected chi connectivity index (χ4v) is 2.92. The van der Waals surface area contributed by atoms with Crippen LogP contribution in [0.5, 0.6) is 0 Å². The average molecular weight is 389 g/mol. The zero-order valence-electron chi connectivity index (χ0n) is 16.0. The maximum Gasteiger partial charge on any atom is 0.338 e. The number of alkyl halides is 1. The Morgan fingerprint density at radius 1 is 1.14 bits per heavy atom.